The number of imidazole rings is 1. The highest BCUT2D eigenvalue weighted by atomic mass is 28.3. The zero-order valence-corrected chi connectivity index (χ0v) is 25.2. The number of carbonyl (C=O) groups excluding carboxylic acids is 1. The van der Waals surface area contributed by atoms with Crippen molar-refractivity contribution in [3.8, 4) is 11.3 Å². The summed E-state index contributed by atoms with van der Waals surface area (Å²) in [6, 6.07) is 6.90. The average molecular weight is 575 g/mol. The summed E-state index contributed by atoms with van der Waals surface area (Å²) in [5.74, 6) is 0.815. The van der Waals surface area contributed by atoms with Crippen LogP contribution in [0.25, 0.3) is 27.7 Å². The van der Waals surface area contributed by atoms with Crippen LogP contribution in [0.15, 0.2) is 47.8 Å². The Kier molecular flexibility index (Phi) is 7.43. The molecule has 1 amide bonds. The van der Waals surface area contributed by atoms with E-state index < -0.39 is 8.07 Å². The predicted molar refractivity (Wildman–Crippen MR) is 163 cm³/mol. The first-order chi connectivity index (χ1) is 19.7. The lowest BCUT2D eigenvalue weighted by molar-refractivity contribution is -0.117. The normalized spacial score (nSPS) is 19.2. The van der Waals surface area contributed by atoms with Gasteiger partial charge in [-0.05, 0) is 36.6 Å². The topological polar surface area (TPSA) is 103 Å². The van der Waals surface area contributed by atoms with Gasteiger partial charge in [-0.15, -0.1) is 0 Å². The molecule has 2 atom stereocenters. The van der Waals surface area contributed by atoms with Crippen molar-refractivity contribution in [1.82, 2.24) is 18.9 Å². The van der Waals surface area contributed by atoms with E-state index in [4.69, 9.17) is 14.5 Å². The Morgan fingerprint density at radius 2 is 1.93 bits per heavy atom. The van der Waals surface area contributed by atoms with Crippen molar-refractivity contribution in [1.29, 1.82) is 0 Å². The minimum absolute atomic E-state index is 0.0207. The third-order valence-corrected chi connectivity index (χ3v) is 9.69. The Balaban J connectivity index is 1.38. The van der Waals surface area contributed by atoms with Gasteiger partial charge in [0, 0.05) is 69.4 Å². The number of hydrogen-bond acceptors (Lipinski definition) is 7. The average Bonchev–Trinajstić information content (AvgIpc) is 3.54. The fraction of sp³-hybridized carbons (Fsp3) is 0.467. The summed E-state index contributed by atoms with van der Waals surface area (Å²) in [5.41, 5.74) is 3.24. The van der Waals surface area contributed by atoms with Crippen LogP contribution in [-0.4, -0.2) is 65.8 Å². The molecule has 41 heavy (non-hydrogen) atoms. The maximum Gasteiger partial charge on any atom is 0.261 e. The number of ether oxygens (including phenoxy) is 2. The minimum atomic E-state index is -1.26. The maximum atomic E-state index is 13.5. The Labute approximate surface area is 240 Å². The van der Waals surface area contributed by atoms with Gasteiger partial charge in [0.05, 0.1) is 30.0 Å². The van der Waals surface area contributed by atoms with Gasteiger partial charge in [0.25, 0.3) is 5.56 Å². The van der Waals surface area contributed by atoms with Crippen LogP contribution in [0.2, 0.25) is 25.7 Å². The molecule has 1 saturated heterocycles. The third-order valence-electron chi connectivity index (χ3n) is 7.98. The minimum Gasteiger partial charge on any atom is -0.378 e. The van der Waals surface area contributed by atoms with Gasteiger partial charge in [0.15, 0.2) is 0 Å². The first-order valence-corrected chi connectivity index (χ1v) is 18.1. The van der Waals surface area contributed by atoms with Gasteiger partial charge in [-0.3, -0.25) is 14.2 Å². The van der Waals surface area contributed by atoms with Crippen molar-refractivity contribution in [3.05, 3.63) is 53.3 Å². The van der Waals surface area contributed by atoms with E-state index in [2.05, 4.69) is 54.0 Å². The third kappa shape index (κ3) is 6.07. The molecule has 216 valence electrons. The summed E-state index contributed by atoms with van der Waals surface area (Å²) in [4.78, 5) is 37.8. The van der Waals surface area contributed by atoms with Crippen LogP contribution in [0.5, 0.6) is 0 Å². The molecule has 11 heteroatoms. The highest BCUT2D eigenvalue weighted by Crippen LogP contribution is 2.38. The molecule has 1 N–H and O–H groups in total. The van der Waals surface area contributed by atoms with Gasteiger partial charge in [0.2, 0.25) is 5.91 Å². The summed E-state index contributed by atoms with van der Waals surface area (Å²) in [6.07, 6.45) is 8.33. The van der Waals surface area contributed by atoms with Crippen molar-refractivity contribution >= 4 is 41.9 Å². The number of hydrogen-bond donors (Lipinski definition) is 1. The van der Waals surface area contributed by atoms with E-state index >= 15 is 0 Å². The molecule has 1 aliphatic heterocycles. The smallest absolute Gasteiger partial charge is 0.261 e. The highest BCUT2D eigenvalue weighted by molar-refractivity contribution is 6.76. The monoisotopic (exact) mass is 574 g/mol. The van der Waals surface area contributed by atoms with Crippen molar-refractivity contribution in [2.24, 2.45) is 11.8 Å². The first kappa shape index (κ1) is 27.6. The summed E-state index contributed by atoms with van der Waals surface area (Å²) in [5, 5.41) is 4.10. The molecular formula is C30H38N6O4Si. The van der Waals surface area contributed by atoms with E-state index in [1.807, 2.05) is 22.9 Å². The summed E-state index contributed by atoms with van der Waals surface area (Å²) >= 11 is 0. The molecule has 0 spiro atoms. The molecule has 2 aliphatic rings. The quantitative estimate of drug-likeness (QED) is 0.233. The van der Waals surface area contributed by atoms with Gasteiger partial charge >= 0.3 is 0 Å². The van der Waals surface area contributed by atoms with Crippen molar-refractivity contribution in [2.45, 2.75) is 45.8 Å². The van der Waals surface area contributed by atoms with Crippen molar-refractivity contribution in [2.75, 3.05) is 43.1 Å². The van der Waals surface area contributed by atoms with Crippen LogP contribution < -0.4 is 15.8 Å². The summed E-state index contributed by atoms with van der Waals surface area (Å²) < 4.78 is 15.1. The Morgan fingerprint density at radius 3 is 2.66 bits per heavy atom. The first-order valence-electron chi connectivity index (χ1n) is 14.4. The Morgan fingerprint density at radius 1 is 1.15 bits per heavy atom. The van der Waals surface area contributed by atoms with Crippen molar-refractivity contribution < 1.29 is 14.3 Å². The molecule has 5 heterocycles. The van der Waals surface area contributed by atoms with Crippen LogP contribution in [-0.2, 0) is 21.0 Å². The number of morpholine rings is 1. The van der Waals surface area contributed by atoms with Crippen LogP contribution in [0.3, 0.4) is 0 Å². The van der Waals surface area contributed by atoms with E-state index in [-0.39, 0.29) is 24.1 Å². The van der Waals surface area contributed by atoms with Gasteiger partial charge < -0.3 is 24.1 Å². The zero-order valence-electron chi connectivity index (χ0n) is 24.2. The lowest BCUT2D eigenvalue weighted by Crippen LogP contribution is -2.36. The predicted octanol–water partition coefficient (Wildman–Crippen LogP) is 4.45. The molecule has 1 saturated carbocycles. The van der Waals surface area contributed by atoms with Gasteiger partial charge in [-0.1, -0.05) is 26.6 Å². The molecule has 0 unspecified atom stereocenters. The second-order valence-corrected chi connectivity index (χ2v) is 18.1. The number of rotatable bonds is 9. The lowest BCUT2D eigenvalue weighted by Gasteiger charge is -2.28. The van der Waals surface area contributed by atoms with Gasteiger partial charge in [-0.25, -0.2) is 9.97 Å². The van der Waals surface area contributed by atoms with Crippen LogP contribution in [0.4, 0.5) is 11.5 Å². The van der Waals surface area contributed by atoms with Gasteiger partial charge in [-0.2, -0.15) is 0 Å². The molecule has 0 radical (unpaired) electrons. The fourth-order valence-electron chi connectivity index (χ4n) is 5.22. The molecule has 2 fully saturated rings. The Hall–Kier alpha value is -3.54. The number of nitrogens with one attached hydrogen (secondary N) is 1. The second kappa shape index (κ2) is 11.0. The zero-order chi connectivity index (χ0) is 28.7. The Bertz CT molecular complexity index is 1650. The molecule has 4 aromatic heterocycles. The number of anilines is 2. The van der Waals surface area contributed by atoms with E-state index in [9.17, 15) is 9.59 Å². The number of pyridine rings is 3. The number of fused-ring (bicyclic) bond motifs is 2. The summed E-state index contributed by atoms with van der Waals surface area (Å²) in [7, 11) is -1.26. The van der Waals surface area contributed by atoms with E-state index in [0.29, 0.717) is 42.3 Å². The highest BCUT2D eigenvalue weighted by Gasteiger charge is 2.39. The molecule has 1 aliphatic carbocycles. The SMILES string of the molecule is C[C@@H]1C[C@@H]1C(=O)Nc1cc2c(-c3cn4cc(N5CCOCC5)ccc4n3)cn(COCC[Si](C)(C)C)c(=O)c2cn1. The molecule has 0 bridgehead atoms. The molecule has 0 aromatic carbocycles. The van der Waals surface area contributed by atoms with E-state index in [1.165, 1.54) is 0 Å². The number of amides is 1. The van der Waals surface area contributed by atoms with E-state index in [0.717, 1.165) is 48.1 Å². The van der Waals surface area contributed by atoms with Gasteiger partial charge in [0.1, 0.15) is 18.2 Å². The number of aromatic nitrogens is 4. The second-order valence-electron chi connectivity index (χ2n) is 12.5. The largest absolute Gasteiger partial charge is 0.378 e. The van der Waals surface area contributed by atoms with Crippen LogP contribution >= 0.6 is 0 Å². The molecule has 6 rings (SSSR count). The standard InChI is InChI=1S/C30H38N6O4Si/c1-20-13-22(20)29(37)33-27-14-23-24(15-31-27)30(38)36(19-40-11-12-41(2,3)4)17-25(23)26-18-35-16-21(5-6-28(35)32-26)34-7-9-39-10-8-34/h5-6,14-18,20,22H,7-13,19H2,1-4H3,(H,31,33,37)/t20-,22+/m1/s1. The number of carbonyl (C=O) groups is 1. The van der Waals surface area contributed by atoms with Crippen LogP contribution in [0, 0.1) is 11.8 Å². The van der Waals surface area contributed by atoms with Crippen LogP contribution in [0.1, 0.15) is 13.3 Å². The van der Waals surface area contributed by atoms with Crippen molar-refractivity contribution in [3.63, 3.8) is 0 Å². The van der Waals surface area contributed by atoms with E-state index in [1.54, 1.807) is 16.8 Å². The molecular weight excluding hydrogens is 536 g/mol. The maximum absolute atomic E-state index is 13.5. The molecule has 4 aromatic rings. The molecule has 10 nitrogen and oxygen atoms in total. The lowest BCUT2D eigenvalue weighted by atomic mass is 10.1. The summed E-state index contributed by atoms with van der Waals surface area (Å²) in [6.45, 7) is 12.9. The fourth-order valence-corrected chi connectivity index (χ4v) is 5.98. The number of nitrogens with zero attached hydrogens (tertiary/aromatic N) is 5.